The highest BCUT2D eigenvalue weighted by molar-refractivity contribution is 5.99. The van der Waals surface area contributed by atoms with Crippen LogP contribution in [-0.2, 0) is 9.53 Å². The minimum absolute atomic E-state index is 0.00170. The second kappa shape index (κ2) is 7.26. The van der Waals surface area contributed by atoms with Crippen LogP contribution in [0.15, 0.2) is 29.3 Å². The fourth-order valence-electron chi connectivity index (χ4n) is 2.51. The number of nitrogens with one attached hydrogen (secondary N) is 1. The van der Waals surface area contributed by atoms with E-state index in [1.165, 1.54) is 0 Å². The molecule has 1 N–H and O–H groups in total. The average molecular weight is 303 g/mol. The summed E-state index contributed by atoms with van der Waals surface area (Å²) >= 11 is 0. The summed E-state index contributed by atoms with van der Waals surface area (Å²) in [7, 11) is 0. The van der Waals surface area contributed by atoms with Crippen molar-refractivity contribution >= 4 is 11.7 Å². The first-order valence-corrected chi connectivity index (χ1v) is 7.70. The molecule has 0 radical (unpaired) electrons. The van der Waals surface area contributed by atoms with Crippen LogP contribution < -0.4 is 10.1 Å². The van der Waals surface area contributed by atoms with Crippen LogP contribution in [0.4, 0.5) is 0 Å². The SMILES string of the molecule is O=C(COc1cccc(C2=NCCCN2)c1)N1CCOCC1. The Morgan fingerprint density at radius 2 is 2.23 bits per heavy atom. The number of rotatable bonds is 4. The van der Waals surface area contributed by atoms with Gasteiger partial charge in [0.15, 0.2) is 6.61 Å². The van der Waals surface area contributed by atoms with Crippen LogP contribution in [-0.4, -0.2) is 62.6 Å². The van der Waals surface area contributed by atoms with Crippen LogP contribution in [0, 0.1) is 0 Å². The monoisotopic (exact) mass is 303 g/mol. The number of carbonyl (C=O) groups is 1. The number of nitrogens with zero attached hydrogens (tertiary/aromatic N) is 2. The standard InChI is InChI=1S/C16H21N3O3/c20-15(19-7-9-21-10-8-19)12-22-14-4-1-3-13(11-14)16-17-5-2-6-18-16/h1,3-4,11H,2,5-10,12H2,(H,17,18). The minimum atomic E-state index is 0.00170. The zero-order chi connectivity index (χ0) is 15.2. The number of aliphatic imine (C=N–C) groups is 1. The number of hydrogen-bond donors (Lipinski definition) is 1. The van der Waals surface area contributed by atoms with Crippen molar-refractivity contribution < 1.29 is 14.3 Å². The van der Waals surface area contributed by atoms with Crippen molar-refractivity contribution in [2.75, 3.05) is 46.0 Å². The summed E-state index contributed by atoms with van der Waals surface area (Å²) in [5.41, 5.74) is 0.996. The molecule has 1 fully saturated rings. The van der Waals surface area contributed by atoms with Gasteiger partial charge in [-0.1, -0.05) is 12.1 Å². The summed E-state index contributed by atoms with van der Waals surface area (Å²) in [6.07, 6.45) is 1.06. The Morgan fingerprint density at radius 1 is 1.36 bits per heavy atom. The highest BCUT2D eigenvalue weighted by Crippen LogP contribution is 2.15. The fourth-order valence-corrected chi connectivity index (χ4v) is 2.51. The number of amides is 1. The van der Waals surface area contributed by atoms with Gasteiger partial charge in [0.1, 0.15) is 11.6 Å². The third-order valence-corrected chi connectivity index (χ3v) is 3.73. The number of ether oxygens (including phenoxy) is 2. The summed E-state index contributed by atoms with van der Waals surface area (Å²) in [5.74, 6) is 1.59. The van der Waals surface area contributed by atoms with Crippen molar-refractivity contribution in [2.45, 2.75) is 6.42 Å². The largest absolute Gasteiger partial charge is 0.484 e. The Balaban J connectivity index is 1.58. The quantitative estimate of drug-likeness (QED) is 0.888. The summed E-state index contributed by atoms with van der Waals surface area (Å²) in [5, 5.41) is 3.28. The molecule has 1 amide bonds. The third kappa shape index (κ3) is 3.76. The second-order valence-electron chi connectivity index (χ2n) is 5.32. The highest BCUT2D eigenvalue weighted by Gasteiger charge is 2.17. The van der Waals surface area contributed by atoms with Gasteiger partial charge in [-0.05, 0) is 18.6 Å². The Labute approximate surface area is 130 Å². The first kappa shape index (κ1) is 14.8. The molecular formula is C16H21N3O3. The van der Waals surface area contributed by atoms with E-state index < -0.39 is 0 Å². The van der Waals surface area contributed by atoms with E-state index >= 15 is 0 Å². The van der Waals surface area contributed by atoms with Gasteiger partial charge in [0, 0.05) is 31.7 Å². The Morgan fingerprint density at radius 3 is 3.00 bits per heavy atom. The van der Waals surface area contributed by atoms with Gasteiger partial charge >= 0.3 is 0 Å². The molecule has 0 spiro atoms. The third-order valence-electron chi connectivity index (χ3n) is 3.73. The zero-order valence-electron chi connectivity index (χ0n) is 12.6. The Bertz CT molecular complexity index is 553. The van der Waals surface area contributed by atoms with Crippen molar-refractivity contribution in [1.82, 2.24) is 10.2 Å². The van der Waals surface area contributed by atoms with Gasteiger partial charge in [-0.15, -0.1) is 0 Å². The van der Waals surface area contributed by atoms with E-state index in [-0.39, 0.29) is 12.5 Å². The van der Waals surface area contributed by atoms with E-state index in [4.69, 9.17) is 9.47 Å². The van der Waals surface area contributed by atoms with E-state index in [0.717, 1.165) is 30.9 Å². The first-order valence-electron chi connectivity index (χ1n) is 7.70. The molecule has 2 heterocycles. The number of carbonyl (C=O) groups excluding carboxylic acids is 1. The molecule has 1 aromatic carbocycles. The molecule has 6 heteroatoms. The van der Waals surface area contributed by atoms with E-state index in [1.54, 1.807) is 4.90 Å². The van der Waals surface area contributed by atoms with E-state index in [1.807, 2.05) is 24.3 Å². The molecule has 2 aliphatic heterocycles. The van der Waals surface area contributed by atoms with Gasteiger partial charge in [0.25, 0.3) is 5.91 Å². The zero-order valence-corrected chi connectivity index (χ0v) is 12.6. The van der Waals surface area contributed by atoms with E-state index in [2.05, 4.69) is 10.3 Å². The maximum Gasteiger partial charge on any atom is 0.260 e. The molecule has 1 saturated heterocycles. The van der Waals surface area contributed by atoms with Gasteiger partial charge in [-0.3, -0.25) is 9.79 Å². The molecule has 0 unspecified atom stereocenters. The molecule has 2 aliphatic rings. The molecule has 0 aromatic heterocycles. The lowest BCUT2D eigenvalue weighted by Crippen LogP contribution is -2.43. The molecule has 0 bridgehead atoms. The molecule has 22 heavy (non-hydrogen) atoms. The summed E-state index contributed by atoms with van der Waals surface area (Å²) in [6, 6.07) is 7.69. The van der Waals surface area contributed by atoms with Crippen molar-refractivity contribution in [2.24, 2.45) is 4.99 Å². The minimum Gasteiger partial charge on any atom is -0.484 e. The van der Waals surface area contributed by atoms with Crippen LogP contribution in [0.1, 0.15) is 12.0 Å². The molecule has 118 valence electrons. The van der Waals surface area contributed by atoms with Crippen LogP contribution >= 0.6 is 0 Å². The second-order valence-corrected chi connectivity index (χ2v) is 5.32. The summed E-state index contributed by atoms with van der Waals surface area (Å²) < 4.78 is 10.9. The number of hydrogen-bond acceptors (Lipinski definition) is 5. The van der Waals surface area contributed by atoms with Crippen LogP contribution in [0.25, 0.3) is 0 Å². The summed E-state index contributed by atoms with van der Waals surface area (Å²) in [4.78, 5) is 18.3. The Kier molecular flexibility index (Phi) is 4.90. The summed E-state index contributed by atoms with van der Waals surface area (Å²) in [6.45, 7) is 4.34. The lowest BCUT2D eigenvalue weighted by molar-refractivity contribution is -0.137. The predicted molar refractivity (Wildman–Crippen MR) is 83.4 cm³/mol. The van der Waals surface area contributed by atoms with Crippen LogP contribution in [0.3, 0.4) is 0 Å². The predicted octanol–water partition coefficient (Wildman–Crippen LogP) is 0.664. The van der Waals surface area contributed by atoms with Gasteiger partial charge < -0.3 is 19.7 Å². The van der Waals surface area contributed by atoms with Crippen LogP contribution in [0.5, 0.6) is 5.75 Å². The molecular weight excluding hydrogens is 282 g/mol. The van der Waals surface area contributed by atoms with Crippen LogP contribution in [0.2, 0.25) is 0 Å². The molecule has 0 atom stereocenters. The Hall–Kier alpha value is -2.08. The normalized spacial score (nSPS) is 18.4. The van der Waals surface area contributed by atoms with Gasteiger partial charge in [-0.25, -0.2) is 0 Å². The van der Waals surface area contributed by atoms with Gasteiger partial charge in [0.2, 0.25) is 0 Å². The maximum atomic E-state index is 12.1. The van der Waals surface area contributed by atoms with Crippen molar-refractivity contribution in [1.29, 1.82) is 0 Å². The molecule has 0 aliphatic carbocycles. The van der Waals surface area contributed by atoms with Crippen molar-refractivity contribution in [3.05, 3.63) is 29.8 Å². The first-order chi connectivity index (χ1) is 10.8. The molecule has 1 aromatic rings. The molecule has 6 nitrogen and oxygen atoms in total. The lowest BCUT2D eigenvalue weighted by Gasteiger charge is -2.26. The van der Waals surface area contributed by atoms with Gasteiger partial charge in [0.05, 0.1) is 13.2 Å². The van der Waals surface area contributed by atoms with Crippen molar-refractivity contribution in [3.63, 3.8) is 0 Å². The van der Waals surface area contributed by atoms with E-state index in [9.17, 15) is 4.79 Å². The number of benzene rings is 1. The molecule has 0 saturated carbocycles. The van der Waals surface area contributed by atoms with Crippen molar-refractivity contribution in [3.8, 4) is 5.75 Å². The molecule has 3 rings (SSSR count). The van der Waals surface area contributed by atoms with Gasteiger partial charge in [-0.2, -0.15) is 0 Å². The van der Waals surface area contributed by atoms with E-state index in [0.29, 0.717) is 32.1 Å². The smallest absolute Gasteiger partial charge is 0.260 e. The average Bonchev–Trinajstić information content (AvgIpc) is 2.61. The number of amidine groups is 1. The fraction of sp³-hybridized carbons (Fsp3) is 0.500. The lowest BCUT2D eigenvalue weighted by atomic mass is 10.1. The topological polar surface area (TPSA) is 63.2 Å². The maximum absolute atomic E-state index is 12.1. The highest BCUT2D eigenvalue weighted by atomic mass is 16.5. The number of morpholine rings is 1.